The molecule has 0 fully saturated rings. The van der Waals surface area contributed by atoms with Crippen molar-refractivity contribution in [2.75, 3.05) is 7.11 Å². The largest absolute Gasteiger partial charge is 0.497 e. The number of nitrogens with one attached hydrogen (secondary N) is 1. The van der Waals surface area contributed by atoms with Crippen LogP contribution in [0.3, 0.4) is 0 Å². The molecule has 0 radical (unpaired) electrons. The van der Waals surface area contributed by atoms with Crippen molar-refractivity contribution in [1.82, 2.24) is 20.6 Å². The maximum absolute atomic E-state index is 11.8. The van der Waals surface area contributed by atoms with Gasteiger partial charge in [0.25, 0.3) is 0 Å². The number of ether oxygens (including phenoxy) is 1. The Hall–Kier alpha value is -2.70. The first-order valence-corrected chi connectivity index (χ1v) is 5.14. The minimum absolute atomic E-state index is 0.272. The van der Waals surface area contributed by atoms with Crippen LogP contribution in [0, 0.1) is 0 Å². The zero-order chi connectivity index (χ0) is 12.5. The number of nitrogens with zero attached hydrogens (tertiary/aromatic N) is 3. The fourth-order valence-corrected chi connectivity index (χ4v) is 1.67. The Labute approximate surface area is 100 Å². The molecule has 0 saturated carbocycles. The predicted octanol–water partition coefficient (Wildman–Crippen LogP) is 0.982. The van der Waals surface area contributed by atoms with Crippen molar-refractivity contribution in [2.24, 2.45) is 0 Å². The van der Waals surface area contributed by atoms with Crippen molar-refractivity contribution in [2.45, 2.75) is 0 Å². The van der Waals surface area contributed by atoms with Crippen LogP contribution in [-0.2, 0) is 0 Å². The zero-order valence-corrected chi connectivity index (χ0v) is 9.38. The number of aromatic amines is 1. The Kier molecular flexibility index (Phi) is 2.30. The summed E-state index contributed by atoms with van der Waals surface area (Å²) in [5.41, 5.74) is 0.268. The van der Waals surface area contributed by atoms with Gasteiger partial charge in [-0.2, -0.15) is 0 Å². The first-order chi connectivity index (χ1) is 8.78. The molecule has 1 N–H and O–H groups in total. The highest BCUT2D eigenvalue weighted by Crippen LogP contribution is 2.22. The monoisotopic (exact) mass is 244 g/mol. The lowest BCUT2D eigenvalue weighted by Gasteiger charge is -2.02. The fraction of sp³-hybridized carbons (Fsp3) is 0.0909. The summed E-state index contributed by atoms with van der Waals surface area (Å²) in [4.78, 5) is 11.8. The van der Waals surface area contributed by atoms with E-state index in [2.05, 4.69) is 20.6 Å². The summed E-state index contributed by atoms with van der Waals surface area (Å²) in [5.74, 6) is 0.950. The molecule has 0 atom stereocenters. The SMILES string of the molecule is COc1ccc2oc(=O)c(-c3nnn[nH]3)cc2c1. The molecule has 0 unspecified atom stereocenters. The van der Waals surface area contributed by atoms with E-state index < -0.39 is 5.63 Å². The number of tetrazole rings is 1. The van der Waals surface area contributed by atoms with E-state index in [-0.39, 0.29) is 11.4 Å². The topological polar surface area (TPSA) is 93.9 Å². The van der Waals surface area contributed by atoms with Gasteiger partial charge in [-0.25, -0.2) is 9.89 Å². The van der Waals surface area contributed by atoms with Crippen LogP contribution in [0.25, 0.3) is 22.4 Å². The number of fused-ring (bicyclic) bond motifs is 1. The molecule has 0 aliphatic heterocycles. The second kappa shape index (κ2) is 3.95. The molecule has 2 aromatic heterocycles. The van der Waals surface area contributed by atoms with Crippen LogP contribution in [0.2, 0.25) is 0 Å². The minimum atomic E-state index is -0.494. The summed E-state index contributed by atoms with van der Waals surface area (Å²) >= 11 is 0. The number of hydrogen-bond donors (Lipinski definition) is 1. The van der Waals surface area contributed by atoms with Crippen LogP contribution in [0.5, 0.6) is 5.75 Å². The molecule has 3 rings (SSSR count). The summed E-state index contributed by atoms with van der Waals surface area (Å²) in [6, 6.07) is 6.83. The third kappa shape index (κ3) is 1.61. The number of hydrogen-bond acceptors (Lipinski definition) is 6. The molecule has 0 aliphatic rings. The summed E-state index contributed by atoms with van der Waals surface area (Å²) in [6.07, 6.45) is 0. The average Bonchev–Trinajstić information content (AvgIpc) is 2.91. The number of rotatable bonds is 2. The first-order valence-electron chi connectivity index (χ1n) is 5.14. The van der Waals surface area contributed by atoms with Gasteiger partial charge in [0.05, 0.1) is 7.11 Å². The van der Waals surface area contributed by atoms with Gasteiger partial charge in [0.1, 0.15) is 16.9 Å². The Balaban J connectivity index is 2.28. The molecule has 0 saturated heterocycles. The van der Waals surface area contributed by atoms with E-state index in [0.717, 1.165) is 5.39 Å². The van der Waals surface area contributed by atoms with Crippen LogP contribution in [-0.4, -0.2) is 27.7 Å². The van der Waals surface area contributed by atoms with E-state index in [9.17, 15) is 4.79 Å². The van der Waals surface area contributed by atoms with Gasteiger partial charge in [-0.05, 0) is 34.7 Å². The van der Waals surface area contributed by atoms with E-state index in [1.54, 1.807) is 31.4 Å². The van der Waals surface area contributed by atoms with E-state index in [4.69, 9.17) is 9.15 Å². The van der Waals surface area contributed by atoms with E-state index in [1.165, 1.54) is 0 Å². The molecule has 0 spiro atoms. The Morgan fingerprint density at radius 1 is 1.33 bits per heavy atom. The van der Waals surface area contributed by atoms with Crippen LogP contribution in [0.4, 0.5) is 0 Å². The summed E-state index contributed by atoms with van der Waals surface area (Å²) in [5, 5.41) is 13.8. The van der Waals surface area contributed by atoms with Crippen LogP contribution in [0.1, 0.15) is 0 Å². The number of methoxy groups -OCH3 is 1. The molecule has 3 aromatic rings. The van der Waals surface area contributed by atoms with Gasteiger partial charge in [0.2, 0.25) is 0 Å². The van der Waals surface area contributed by atoms with Gasteiger partial charge >= 0.3 is 5.63 Å². The highest BCUT2D eigenvalue weighted by molar-refractivity contribution is 5.81. The number of benzene rings is 1. The predicted molar refractivity (Wildman–Crippen MR) is 62.2 cm³/mol. The molecule has 90 valence electrons. The van der Waals surface area contributed by atoms with Crippen LogP contribution >= 0.6 is 0 Å². The Bertz CT molecular complexity index is 749. The molecule has 0 amide bonds. The second-order valence-electron chi connectivity index (χ2n) is 3.60. The average molecular weight is 244 g/mol. The van der Waals surface area contributed by atoms with Gasteiger partial charge in [-0.1, -0.05) is 0 Å². The summed E-state index contributed by atoms with van der Waals surface area (Å²) in [7, 11) is 1.57. The fourth-order valence-electron chi connectivity index (χ4n) is 1.67. The van der Waals surface area contributed by atoms with Crippen molar-refractivity contribution in [3.63, 3.8) is 0 Å². The maximum atomic E-state index is 11.8. The maximum Gasteiger partial charge on any atom is 0.347 e. The van der Waals surface area contributed by atoms with Crippen molar-refractivity contribution in [3.05, 3.63) is 34.7 Å². The second-order valence-corrected chi connectivity index (χ2v) is 3.60. The zero-order valence-electron chi connectivity index (χ0n) is 9.38. The van der Waals surface area contributed by atoms with Crippen LogP contribution < -0.4 is 10.4 Å². The van der Waals surface area contributed by atoms with E-state index in [0.29, 0.717) is 11.3 Å². The molecule has 2 heterocycles. The van der Waals surface area contributed by atoms with Gasteiger partial charge in [-0.15, -0.1) is 5.10 Å². The van der Waals surface area contributed by atoms with Crippen LogP contribution in [0.15, 0.2) is 33.5 Å². The van der Waals surface area contributed by atoms with Gasteiger partial charge in [0, 0.05) is 5.39 Å². The molecule has 1 aromatic carbocycles. The Morgan fingerprint density at radius 2 is 2.22 bits per heavy atom. The molecule has 18 heavy (non-hydrogen) atoms. The highest BCUT2D eigenvalue weighted by atomic mass is 16.5. The third-order valence-electron chi connectivity index (χ3n) is 2.54. The smallest absolute Gasteiger partial charge is 0.347 e. The van der Waals surface area contributed by atoms with Crippen molar-refractivity contribution >= 4 is 11.0 Å². The third-order valence-corrected chi connectivity index (χ3v) is 2.54. The summed E-state index contributed by atoms with van der Waals surface area (Å²) < 4.78 is 10.3. The summed E-state index contributed by atoms with van der Waals surface area (Å²) in [6.45, 7) is 0. The molecular formula is C11H8N4O3. The lowest BCUT2D eigenvalue weighted by Crippen LogP contribution is -2.03. The standard InChI is InChI=1S/C11H8N4O3/c1-17-7-2-3-9-6(4-7)5-8(11(16)18-9)10-12-14-15-13-10/h2-5H,1H3,(H,12,13,14,15). The molecule has 0 aliphatic carbocycles. The van der Waals surface area contributed by atoms with Gasteiger partial charge in [0.15, 0.2) is 5.82 Å². The molecule has 0 bridgehead atoms. The number of aromatic nitrogens is 4. The van der Waals surface area contributed by atoms with E-state index in [1.807, 2.05) is 0 Å². The first kappa shape index (κ1) is 10.5. The quantitative estimate of drug-likeness (QED) is 0.675. The van der Waals surface area contributed by atoms with Gasteiger partial charge < -0.3 is 9.15 Å². The lowest BCUT2D eigenvalue weighted by molar-refractivity contribution is 0.415. The molecule has 7 nitrogen and oxygen atoms in total. The lowest BCUT2D eigenvalue weighted by atomic mass is 10.1. The Morgan fingerprint density at radius 3 is 2.94 bits per heavy atom. The van der Waals surface area contributed by atoms with Crippen molar-refractivity contribution < 1.29 is 9.15 Å². The van der Waals surface area contributed by atoms with E-state index >= 15 is 0 Å². The van der Waals surface area contributed by atoms with Gasteiger partial charge in [-0.3, -0.25) is 0 Å². The van der Waals surface area contributed by atoms with Crippen molar-refractivity contribution in [3.8, 4) is 17.1 Å². The molecule has 7 heteroatoms. The number of H-pyrrole nitrogens is 1. The molecular weight excluding hydrogens is 236 g/mol. The normalized spacial score (nSPS) is 10.7. The van der Waals surface area contributed by atoms with Crippen molar-refractivity contribution in [1.29, 1.82) is 0 Å². The highest BCUT2D eigenvalue weighted by Gasteiger charge is 2.11. The minimum Gasteiger partial charge on any atom is -0.497 e.